The van der Waals surface area contributed by atoms with Gasteiger partial charge >= 0.3 is 0 Å². The normalized spacial score (nSPS) is 19.6. The first-order valence-corrected chi connectivity index (χ1v) is 10.3. The summed E-state index contributed by atoms with van der Waals surface area (Å²) in [5.41, 5.74) is 1.02. The number of hydrogen-bond donors (Lipinski definition) is 0. The lowest BCUT2D eigenvalue weighted by atomic mass is 10.1. The zero-order valence-corrected chi connectivity index (χ0v) is 14.4. The molecule has 1 aliphatic heterocycles. The van der Waals surface area contributed by atoms with Crippen molar-refractivity contribution in [2.45, 2.75) is 25.4 Å². The summed E-state index contributed by atoms with van der Waals surface area (Å²) in [5, 5.41) is 1.95. The Morgan fingerprint density at radius 2 is 1.96 bits per heavy atom. The first kappa shape index (κ1) is 16.2. The van der Waals surface area contributed by atoms with Crippen LogP contribution in [0.15, 0.2) is 47.8 Å². The largest absolute Gasteiger partial charge is 0.334 e. The molecule has 1 saturated heterocycles. The summed E-state index contributed by atoms with van der Waals surface area (Å²) < 4.78 is 23.6. The maximum atomic E-state index is 12.8. The third kappa shape index (κ3) is 4.20. The van der Waals surface area contributed by atoms with Crippen LogP contribution in [0.25, 0.3) is 0 Å². The highest BCUT2D eigenvalue weighted by molar-refractivity contribution is 7.91. The minimum atomic E-state index is -3.02. The van der Waals surface area contributed by atoms with Crippen LogP contribution < -0.4 is 0 Å². The molecule has 0 bridgehead atoms. The van der Waals surface area contributed by atoms with Gasteiger partial charge in [0.1, 0.15) is 0 Å². The monoisotopic (exact) mass is 349 g/mol. The second kappa shape index (κ2) is 6.84. The van der Waals surface area contributed by atoms with Crippen molar-refractivity contribution in [3.8, 4) is 0 Å². The zero-order valence-electron chi connectivity index (χ0n) is 12.7. The van der Waals surface area contributed by atoms with Crippen LogP contribution in [0.1, 0.15) is 16.9 Å². The Morgan fingerprint density at radius 1 is 1.17 bits per heavy atom. The zero-order chi connectivity index (χ0) is 16.3. The molecule has 0 saturated carbocycles. The fraction of sp³-hybridized carbons (Fsp3) is 0.353. The topological polar surface area (TPSA) is 54.5 Å². The molecule has 1 atom stereocenters. The number of thiophene rings is 1. The smallest absolute Gasteiger partial charge is 0.228 e. The Morgan fingerprint density at radius 3 is 2.57 bits per heavy atom. The summed E-state index contributed by atoms with van der Waals surface area (Å²) in [7, 11) is -3.02. The number of hydrogen-bond acceptors (Lipinski definition) is 4. The van der Waals surface area contributed by atoms with Gasteiger partial charge in [0.05, 0.1) is 17.9 Å². The lowest BCUT2D eigenvalue weighted by Crippen LogP contribution is -2.41. The number of rotatable bonds is 5. The SMILES string of the molecule is O=C(Cc1cccs1)N(Cc1ccccc1)C1CCS(=O)(=O)C1. The second-order valence-corrected chi connectivity index (χ2v) is 9.08. The van der Waals surface area contributed by atoms with Crippen LogP contribution in [-0.2, 0) is 27.6 Å². The van der Waals surface area contributed by atoms with Gasteiger partial charge in [-0.3, -0.25) is 4.79 Å². The van der Waals surface area contributed by atoms with Gasteiger partial charge in [-0.15, -0.1) is 11.3 Å². The fourth-order valence-corrected chi connectivity index (χ4v) is 5.31. The molecule has 0 spiro atoms. The van der Waals surface area contributed by atoms with Crippen molar-refractivity contribution in [3.63, 3.8) is 0 Å². The number of sulfone groups is 1. The summed E-state index contributed by atoms with van der Waals surface area (Å²) in [6.45, 7) is 0.464. The average Bonchev–Trinajstić information content (AvgIpc) is 3.15. The molecule has 4 nitrogen and oxygen atoms in total. The highest BCUT2D eigenvalue weighted by atomic mass is 32.2. The average molecular weight is 349 g/mol. The fourth-order valence-electron chi connectivity index (χ4n) is 2.89. The van der Waals surface area contributed by atoms with Crippen LogP contribution in [0.5, 0.6) is 0 Å². The van der Waals surface area contributed by atoms with Crippen LogP contribution in [0.3, 0.4) is 0 Å². The Kier molecular flexibility index (Phi) is 4.82. The van der Waals surface area contributed by atoms with Gasteiger partial charge in [-0.05, 0) is 23.4 Å². The quantitative estimate of drug-likeness (QED) is 0.833. The maximum absolute atomic E-state index is 12.8. The molecule has 1 unspecified atom stereocenters. The van der Waals surface area contributed by atoms with Crippen LogP contribution in [0.2, 0.25) is 0 Å². The van der Waals surface area contributed by atoms with E-state index in [2.05, 4.69) is 0 Å². The van der Waals surface area contributed by atoms with E-state index < -0.39 is 9.84 Å². The van der Waals surface area contributed by atoms with E-state index in [9.17, 15) is 13.2 Å². The van der Waals surface area contributed by atoms with E-state index in [4.69, 9.17) is 0 Å². The molecule has 0 N–H and O–H groups in total. The molecule has 1 aromatic heterocycles. The third-order valence-corrected chi connectivity index (χ3v) is 6.70. The molecular weight excluding hydrogens is 330 g/mol. The van der Waals surface area contributed by atoms with Crippen molar-refractivity contribution in [2.24, 2.45) is 0 Å². The molecule has 2 aromatic rings. The third-order valence-electron chi connectivity index (χ3n) is 4.07. The standard InChI is InChI=1S/C17H19NO3S2/c19-17(11-16-7-4-9-22-16)18(12-14-5-2-1-3-6-14)15-8-10-23(20,21)13-15/h1-7,9,15H,8,10-13H2. The predicted molar refractivity (Wildman–Crippen MR) is 92.1 cm³/mol. The summed E-state index contributed by atoms with van der Waals surface area (Å²) in [6.07, 6.45) is 0.867. The Labute approximate surface area is 140 Å². The minimum Gasteiger partial charge on any atom is -0.334 e. The van der Waals surface area contributed by atoms with Gasteiger partial charge in [-0.1, -0.05) is 36.4 Å². The molecule has 2 heterocycles. The van der Waals surface area contributed by atoms with Gasteiger partial charge in [-0.2, -0.15) is 0 Å². The van der Waals surface area contributed by atoms with Crippen LogP contribution in [-0.4, -0.2) is 36.8 Å². The van der Waals surface area contributed by atoms with E-state index in [-0.39, 0.29) is 23.5 Å². The summed E-state index contributed by atoms with van der Waals surface area (Å²) >= 11 is 1.55. The lowest BCUT2D eigenvalue weighted by molar-refractivity contribution is -0.133. The predicted octanol–water partition coefficient (Wildman–Crippen LogP) is 2.51. The van der Waals surface area contributed by atoms with Crippen molar-refractivity contribution in [3.05, 3.63) is 58.3 Å². The van der Waals surface area contributed by atoms with E-state index in [0.717, 1.165) is 10.4 Å². The molecule has 23 heavy (non-hydrogen) atoms. The van der Waals surface area contributed by atoms with Gasteiger partial charge in [0.2, 0.25) is 5.91 Å². The number of carbonyl (C=O) groups excluding carboxylic acids is 1. The summed E-state index contributed by atoms with van der Waals surface area (Å²) in [6, 6.07) is 13.4. The van der Waals surface area contributed by atoms with Gasteiger partial charge in [0.15, 0.2) is 9.84 Å². The van der Waals surface area contributed by atoms with Gasteiger partial charge in [-0.25, -0.2) is 8.42 Å². The van der Waals surface area contributed by atoms with Crippen LogP contribution >= 0.6 is 11.3 Å². The maximum Gasteiger partial charge on any atom is 0.228 e. The van der Waals surface area contributed by atoms with Crippen molar-refractivity contribution in [1.82, 2.24) is 4.90 Å². The van der Waals surface area contributed by atoms with E-state index >= 15 is 0 Å². The number of amides is 1. The van der Waals surface area contributed by atoms with Crippen molar-refractivity contribution in [2.75, 3.05) is 11.5 Å². The minimum absolute atomic E-state index is 0.00148. The molecule has 1 amide bonds. The first-order valence-electron chi connectivity index (χ1n) is 7.60. The van der Waals surface area contributed by atoms with E-state index in [0.29, 0.717) is 19.4 Å². The molecule has 1 aliphatic rings. The summed E-state index contributed by atoms with van der Waals surface area (Å²) in [5.74, 6) is 0.254. The first-order chi connectivity index (χ1) is 11.0. The molecule has 6 heteroatoms. The van der Waals surface area contributed by atoms with Crippen molar-refractivity contribution in [1.29, 1.82) is 0 Å². The van der Waals surface area contributed by atoms with Gasteiger partial charge in [0, 0.05) is 17.5 Å². The summed E-state index contributed by atoms with van der Waals surface area (Å²) in [4.78, 5) is 15.5. The molecule has 0 aliphatic carbocycles. The lowest BCUT2D eigenvalue weighted by Gasteiger charge is -2.28. The van der Waals surface area contributed by atoms with E-state index in [1.165, 1.54) is 0 Å². The van der Waals surface area contributed by atoms with Gasteiger partial charge < -0.3 is 4.90 Å². The molecule has 3 rings (SSSR count). The second-order valence-electron chi connectivity index (χ2n) is 5.82. The van der Waals surface area contributed by atoms with E-state index in [1.54, 1.807) is 16.2 Å². The van der Waals surface area contributed by atoms with Gasteiger partial charge in [0.25, 0.3) is 0 Å². The Balaban J connectivity index is 1.79. The number of nitrogens with zero attached hydrogens (tertiary/aromatic N) is 1. The van der Waals surface area contributed by atoms with Crippen LogP contribution in [0, 0.1) is 0 Å². The molecule has 122 valence electrons. The van der Waals surface area contributed by atoms with Crippen molar-refractivity contribution >= 4 is 27.1 Å². The highest BCUT2D eigenvalue weighted by Gasteiger charge is 2.34. The van der Waals surface area contributed by atoms with E-state index in [1.807, 2.05) is 47.8 Å². The molecule has 1 aromatic carbocycles. The molecule has 0 radical (unpaired) electrons. The van der Waals surface area contributed by atoms with Crippen LogP contribution in [0.4, 0.5) is 0 Å². The highest BCUT2D eigenvalue weighted by Crippen LogP contribution is 2.22. The molecular formula is C17H19NO3S2. The molecule has 1 fully saturated rings. The number of carbonyl (C=O) groups is 1. The number of benzene rings is 1. The Hall–Kier alpha value is -1.66. The van der Waals surface area contributed by atoms with Crippen molar-refractivity contribution < 1.29 is 13.2 Å². The Bertz CT molecular complexity index is 754.